The molecule has 0 saturated heterocycles. The van der Waals surface area contributed by atoms with Crippen LogP contribution in [0.1, 0.15) is 25.6 Å². The lowest BCUT2D eigenvalue weighted by Gasteiger charge is -2.28. The lowest BCUT2D eigenvalue weighted by molar-refractivity contribution is -0.261. The predicted octanol–water partition coefficient (Wildman–Crippen LogP) is 0.683. The molecule has 0 atom stereocenters. The molecule has 0 aromatic carbocycles. The van der Waals surface area contributed by atoms with Gasteiger partial charge in [-0.1, -0.05) is 0 Å². The molecular weight excluding hydrogens is 194 g/mol. The van der Waals surface area contributed by atoms with Crippen LogP contribution in [0.25, 0.3) is 0 Å². The fourth-order valence-corrected chi connectivity index (χ4v) is 1.39. The van der Waals surface area contributed by atoms with Gasteiger partial charge in [0, 0.05) is 6.07 Å². The summed E-state index contributed by atoms with van der Waals surface area (Å²) in [5, 5.41) is 15.3. The maximum atomic E-state index is 11.0. The van der Waals surface area contributed by atoms with E-state index in [0.29, 0.717) is 5.82 Å². The molecule has 84 valence electrons. The third-order valence-electron chi connectivity index (χ3n) is 2.36. The Bertz CT molecular complexity index is 380. The summed E-state index contributed by atoms with van der Waals surface area (Å²) in [4.78, 5) is 11.0. The molecule has 1 aromatic heterocycles. The average Bonchev–Trinajstić information content (AvgIpc) is 2.47. The maximum Gasteiger partial charge on any atom is 0.263 e. The molecule has 1 amide bonds. The molecule has 1 rings (SSSR count). The molecule has 1 heterocycles. The number of rotatable bonds is 2. The van der Waals surface area contributed by atoms with Crippen LogP contribution >= 0.6 is 0 Å². The van der Waals surface area contributed by atoms with Crippen molar-refractivity contribution in [3.8, 4) is 0 Å². The van der Waals surface area contributed by atoms with E-state index in [1.807, 2.05) is 20.8 Å². The summed E-state index contributed by atoms with van der Waals surface area (Å²) in [6.45, 7) is 5.77. The van der Waals surface area contributed by atoms with Gasteiger partial charge in [-0.05, 0) is 20.8 Å². The second kappa shape index (κ2) is 3.66. The van der Waals surface area contributed by atoms with Crippen molar-refractivity contribution in [1.82, 2.24) is 14.3 Å². The highest BCUT2D eigenvalue weighted by molar-refractivity contribution is 5.76. The Kier molecular flexibility index (Phi) is 2.86. The summed E-state index contributed by atoms with van der Waals surface area (Å²) in [6.07, 6.45) is -1.14. The highest BCUT2D eigenvalue weighted by atomic mass is 16.4. The van der Waals surface area contributed by atoms with E-state index in [1.54, 1.807) is 24.8 Å². The van der Waals surface area contributed by atoms with Crippen LogP contribution in [-0.4, -0.2) is 30.0 Å². The van der Waals surface area contributed by atoms with Gasteiger partial charge in [0.15, 0.2) is 0 Å². The lowest BCUT2D eigenvalue weighted by atomic mass is 10.3. The molecule has 0 N–H and O–H groups in total. The minimum absolute atomic E-state index is 0.130. The molecule has 0 bridgehead atoms. The van der Waals surface area contributed by atoms with Crippen molar-refractivity contribution in [2.75, 3.05) is 14.1 Å². The van der Waals surface area contributed by atoms with Gasteiger partial charge < -0.3 is 9.90 Å². The number of carboxylic acid groups (broad SMARTS) is 1. The molecule has 0 unspecified atom stereocenters. The molecule has 1 aromatic rings. The molecule has 5 nitrogen and oxygen atoms in total. The van der Waals surface area contributed by atoms with Gasteiger partial charge in [0.1, 0.15) is 0 Å². The van der Waals surface area contributed by atoms with Gasteiger partial charge in [-0.2, -0.15) is 5.10 Å². The van der Waals surface area contributed by atoms with Crippen molar-refractivity contribution >= 4 is 11.9 Å². The zero-order valence-corrected chi connectivity index (χ0v) is 9.81. The van der Waals surface area contributed by atoms with E-state index >= 15 is 0 Å². The lowest BCUT2D eigenvalue weighted by Crippen LogP contribution is -2.55. The Labute approximate surface area is 89.5 Å². The SMILES string of the molecule is Cc1cc([N+](C)(C)C(=O)[O-])n(C(C)C)n1. The Morgan fingerprint density at radius 1 is 1.53 bits per heavy atom. The molecule has 0 aliphatic heterocycles. The molecular formula is C10H17N3O2. The van der Waals surface area contributed by atoms with Gasteiger partial charge in [0.2, 0.25) is 5.82 Å². The average molecular weight is 211 g/mol. The molecule has 0 radical (unpaired) electrons. The molecule has 0 aliphatic rings. The first-order chi connectivity index (χ1) is 6.76. The van der Waals surface area contributed by atoms with E-state index in [9.17, 15) is 9.90 Å². The first-order valence-electron chi connectivity index (χ1n) is 4.89. The largest absolute Gasteiger partial charge is 0.498 e. The van der Waals surface area contributed by atoms with Crippen LogP contribution in [0, 0.1) is 6.92 Å². The monoisotopic (exact) mass is 211 g/mol. The number of hydrogen-bond acceptors (Lipinski definition) is 3. The zero-order valence-electron chi connectivity index (χ0n) is 9.81. The van der Waals surface area contributed by atoms with Crippen LogP contribution in [0.15, 0.2) is 6.07 Å². The van der Waals surface area contributed by atoms with Gasteiger partial charge in [-0.15, -0.1) is 0 Å². The summed E-state index contributed by atoms with van der Waals surface area (Å²) in [5.41, 5.74) is 0.811. The summed E-state index contributed by atoms with van der Waals surface area (Å²) < 4.78 is 1.39. The van der Waals surface area contributed by atoms with Gasteiger partial charge in [0.05, 0.1) is 25.8 Å². The van der Waals surface area contributed by atoms with Crippen LogP contribution < -0.4 is 9.59 Å². The third-order valence-corrected chi connectivity index (χ3v) is 2.36. The second-order valence-electron chi connectivity index (χ2n) is 4.40. The van der Waals surface area contributed by atoms with E-state index in [2.05, 4.69) is 5.10 Å². The first-order valence-corrected chi connectivity index (χ1v) is 4.89. The van der Waals surface area contributed by atoms with Gasteiger partial charge in [0.25, 0.3) is 6.09 Å². The van der Waals surface area contributed by atoms with Crippen molar-refractivity contribution in [2.24, 2.45) is 0 Å². The van der Waals surface area contributed by atoms with Crippen molar-refractivity contribution in [3.63, 3.8) is 0 Å². The number of nitrogens with zero attached hydrogens (tertiary/aromatic N) is 3. The fraction of sp³-hybridized carbons (Fsp3) is 0.600. The van der Waals surface area contributed by atoms with Crippen LogP contribution in [0.4, 0.5) is 10.6 Å². The van der Waals surface area contributed by atoms with Gasteiger partial charge in [-0.25, -0.2) is 9.16 Å². The molecule has 0 saturated carbocycles. The second-order valence-corrected chi connectivity index (χ2v) is 4.40. The standard InChI is InChI=1S/C10H17N3O2/c1-7(2)12-9(6-8(3)11-12)13(4,5)10(14)15/h6-7H,1-5H3. The summed E-state index contributed by atoms with van der Waals surface area (Å²) in [6, 6.07) is 1.90. The summed E-state index contributed by atoms with van der Waals surface area (Å²) >= 11 is 0. The van der Waals surface area contributed by atoms with Crippen molar-refractivity contribution in [1.29, 1.82) is 0 Å². The van der Waals surface area contributed by atoms with Crippen LogP contribution in [0.5, 0.6) is 0 Å². The van der Waals surface area contributed by atoms with Crippen LogP contribution in [0.3, 0.4) is 0 Å². The van der Waals surface area contributed by atoms with E-state index in [1.165, 1.54) is 0 Å². The Morgan fingerprint density at radius 3 is 2.47 bits per heavy atom. The number of quaternary nitrogens is 1. The number of aryl methyl sites for hydroxylation is 1. The predicted molar refractivity (Wildman–Crippen MR) is 56.4 cm³/mol. The third kappa shape index (κ3) is 2.02. The van der Waals surface area contributed by atoms with Gasteiger partial charge in [-0.3, -0.25) is 0 Å². The zero-order chi connectivity index (χ0) is 11.8. The Balaban J connectivity index is 3.30. The minimum atomic E-state index is -1.14. The van der Waals surface area contributed by atoms with Gasteiger partial charge >= 0.3 is 0 Å². The number of carbonyl (C=O) groups excluding carboxylic acids is 1. The molecule has 0 spiro atoms. The number of amides is 1. The topological polar surface area (TPSA) is 57.9 Å². The number of aromatic nitrogens is 2. The molecule has 5 heteroatoms. The maximum absolute atomic E-state index is 11.0. The highest BCUT2D eigenvalue weighted by Crippen LogP contribution is 2.23. The molecule has 15 heavy (non-hydrogen) atoms. The Hall–Kier alpha value is -1.36. The van der Waals surface area contributed by atoms with E-state index in [-0.39, 0.29) is 10.5 Å². The highest BCUT2D eigenvalue weighted by Gasteiger charge is 2.28. The van der Waals surface area contributed by atoms with Crippen molar-refractivity contribution in [2.45, 2.75) is 26.8 Å². The van der Waals surface area contributed by atoms with E-state index in [0.717, 1.165) is 5.69 Å². The number of carbonyl (C=O) groups is 1. The summed E-state index contributed by atoms with van der Waals surface area (Å²) in [7, 11) is 3.15. The van der Waals surface area contributed by atoms with E-state index < -0.39 is 6.09 Å². The molecule has 0 aliphatic carbocycles. The molecule has 0 fully saturated rings. The van der Waals surface area contributed by atoms with Crippen molar-refractivity contribution < 1.29 is 9.90 Å². The normalized spacial score (nSPS) is 12.1. The fourth-order valence-electron chi connectivity index (χ4n) is 1.39. The van der Waals surface area contributed by atoms with Crippen LogP contribution in [-0.2, 0) is 0 Å². The number of hydrogen-bond donors (Lipinski definition) is 0. The van der Waals surface area contributed by atoms with E-state index in [4.69, 9.17) is 0 Å². The summed E-state index contributed by atoms with van der Waals surface area (Å²) in [5.74, 6) is 0.627. The minimum Gasteiger partial charge on any atom is -0.498 e. The first kappa shape index (κ1) is 11.7. The van der Waals surface area contributed by atoms with Crippen LogP contribution in [0.2, 0.25) is 0 Å². The smallest absolute Gasteiger partial charge is 0.263 e. The van der Waals surface area contributed by atoms with Crippen molar-refractivity contribution in [3.05, 3.63) is 11.8 Å². The Morgan fingerprint density at radius 2 is 2.07 bits per heavy atom. The quantitative estimate of drug-likeness (QED) is 0.676.